The molecule has 0 bridgehead atoms. The quantitative estimate of drug-likeness (QED) is 0.637. The topological polar surface area (TPSA) is 65.1 Å². The maximum absolute atomic E-state index is 11.5. The minimum atomic E-state index is -0.142. The fourth-order valence-electron chi connectivity index (χ4n) is 1.82. The molecule has 17 heavy (non-hydrogen) atoms. The van der Waals surface area contributed by atoms with E-state index in [0.29, 0.717) is 5.69 Å². The van der Waals surface area contributed by atoms with Gasteiger partial charge in [0.2, 0.25) is 0 Å². The highest BCUT2D eigenvalue weighted by Gasteiger charge is 2.09. The summed E-state index contributed by atoms with van der Waals surface area (Å²) >= 11 is 0. The molecule has 1 aromatic carbocycles. The molecule has 0 aliphatic rings. The smallest absolute Gasteiger partial charge is 0.176 e. The molecular formula is C13H12N2O2. The monoisotopic (exact) mass is 228 g/mol. The Hall–Kier alpha value is -2.36. The van der Waals surface area contributed by atoms with E-state index in [4.69, 9.17) is 5.73 Å². The van der Waals surface area contributed by atoms with E-state index in [2.05, 4.69) is 0 Å². The summed E-state index contributed by atoms with van der Waals surface area (Å²) in [5.74, 6) is -0.142. The van der Waals surface area contributed by atoms with Crippen molar-refractivity contribution < 1.29 is 9.59 Å². The van der Waals surface area contributed by atoms with Crippen LogP contribution in [0.2, 0.25) is 0 Å². The maximum Gasteiger partial charge on any atom is 0.176 e. The standard InChI is InChI=1S/C13H12N2O2/c14-6-5-12(17)8-15-11(9-16)7-10-3-1-2-4-13(10)15/h1-7,9H,8,14H2/b6-5-. The first-order chi connectivity index (χ1) is 8.26. The van der Waals surface area contributed by atoms with Gasteiger partial charge in [-0.25, -0.2) is 0 Å². The van der Waals surface area contributed by atoms with Gasteiger partial charge < -0.3 is 10.3 Å². The van der Waals surface area contributed by atoms with E-state index < -0.39 is 0 Å². The third-order valence-corrected chi connectivity index (χ3v) is 2.56. The first-order valence-corrected chi connectivity index (χ1v) is 5.21. The van der Waals surface area contributed by atoms with Crippen molar-refractivity contribution >= 4 is 23.0 Å². The van der Waals surface area contributed by atoms with Crippen LogP contribution in [0.25, 0.3) is 10.9 Å². The van der Waals surface area contributed by atoms with Crippen molar-refractivity contribution in [1.29, 1.82) is 0 Å². The molecule has 0 saturated carbocycles. The van der Waals surface area contributed by atoms with Crippen LogP contribution in [-0.2, 0) is 11.3 Å². The van der Waals surface area contributed by atoms with Crippen LogP contribution in [-0.4, -0.2) is 16.6 Å². The third kappa shape index (κ3) is 2.10. The van der Waals surface area contributed by atoms with Gasteiger partial charge in [0.1, 0.15) is 0 Å². The molecule has 0 spiro atoms. The van der Waals surface area contributed by atoms with Crippen molar-refractivity contribution in [1.82, 2.24) is 4.57 Å². The van der Waals surface area contributed by atoms with Gasteiger partial charge >= 0.3 is 0 Å². The number of aldehydes is 1. The summed E-state index contributed by atoms with van der Waals surface area (Å²) in [5, 5.41) is 0.944. The normalized spacial score (nSPS) is 11.1. The second-order valence-corrected chi connectivity index (χ2v) is 3.66. The van der Waals surface area contributed by atoms with Gasteiger partial charge in [0.05, 0.1) is 12.2 Å². The Bertz CT molecular complexity index is 596. The van der Waals surface area contributed by atoms with Crippen molar-refractivity contribution in [3.63, 3.8) is 0 Å². The molecule has 0 radical (unpaired) electrons. The lowest BCUT2D eigenvalue weighted by molar-refractivity contribution is -0.115. The van der Waals surface area contributed by atoms with Gasteiger partial charge in [-0.05, 0) is 24.4 Å². The molecule has 1 heterocycles. The van der Waals surface area contributed by atoms with Crippen molar-refractivity contribution in [3.05, 3.63) is 48.3 Å². The van der Waals surface area contributed by atoms with Crippen LogP contribution in [0.4, 0.5) is 0 Å². The molecule has 0 saturated heterocycles. The van der Waals surface area contributed by atoms with Crippen LogP contribution in [0.1, 0.15) is 10.5 Å². The number of hydrogen-bond acceptors (Lipinski definition) is 3. The minimum Gasteiger partial charge on any atom is -0.404 e. The largest absolute Gasteiger partial charge is 0.404 e. The summed E-state index contributed by atoms with van der Waals surface area (Å²) in [5.41, 5.74) is 6.52. The van der Waals surface area contributed by atoms with E-state index in [9.17, 15) is 9.59 Å². The molecule has 2 N–H and O–H groups in total. The highest BCUT2D eigenvalue weighted by molar-refractivity contribution is 5.94. The molecule has 4 heteroatoms. The molecule has 0 fully saturated rings. The highest BCUT2D eigenvalue weighted by Crippen LogP contribution is 2.18. The van der Waals surface area contributed by atoms with Crippen LogP contribution in [0.5, 0.6) is 0 Å². The van der Waals surface area contributed by atoms with Crippen LogP contribution in [0, 0.1) is 0 Å². The Morgan fingerprint density at radius 1 is 1.35 bits per heavy atom. The summed E-state index contributed by atoms with van der Waals surface area (Å²) in [7, 11) is 0. The highest BCUT2D eigenvalue weighted by atomic mass is 16.1. The van der Waals surface area contributed by atoms with Gasteiger partial charge in [-0.2, -0.15) is 0 Å². The lowest BCUT2D eigenvalue weighted by Gasteiger charge is -2.04. The van der Waals surface area contributed by atoms with Crippen LogP contribution < -0.4 is 5.73 Å². The summed E-state index contributed by atoms with van der Waals surface area (Å²) in [4.78, 5) is 22.5. The zero-order valence-corrected chi connectivity index (χ0v) is 9.17. The zero-order valence-electron chi connectivity index (χ0n) is 9.17. The van der Waals surface area contributed by atoms with Gasteiger partial charge in [-0.1, -0.05) is 18.2 Å². The number of rotatable bonds is 4. The fraction of sp³-hybridized carbons (Fsp3) is 0.0769. The van der Waals surface area contributed by atoms with Gasteiger partial charge in [0.15, 0.2) is 12.1 Å². The van der Waals surface area contributed by atoms with Gasteiger partial charge in [-0.15, -0.1) is 0 Å². The molecule has 0 aliphatic heterocycles. The first kappa shape index (κ1) is 11.1. The number of para-hydroxylation sites is 1. The summed E-state index contributed by atoms with van der Waals surface area (Å²) in [6, 6.07) is 9.31. The summed E-state index contributed by atoms with van der Waals surface area (Å²) in [6.07, 6.45) is 3.25. The van der Waals surface area contributed by atoms with Crippen molar-refractivity contribution in [2.24, 2.45) is 5.73 Å². The molecule has 4 nitrogen and oxygen atoms in total. The van der Waals surface area contributed by atoms with Crippen LogP contribution in [0.3, 0.4) is 0 Å². The summed E-state index contributed by atoms with van der Waals surface area (Å²) in [6.45, 7) is 0.120. The minimum absolute atomic E-state index is 0.120. The molecule has 0 aliphatic carbocycles. The van der Waals surface area contributed by atoms with Gasteiger partial charge in [0.25, 0.3) is 0 Å². The lowest BCUT2D eigenvalue weighted by Crippen LogP contribution is -2.10. The predicted molar refractivity (Wildman–Crippen MR) is 65.7 cm³/mol. The SMILES string of the molecule is N/C=C\C(=O)Cn1c(C=O)cc2ccccc21. The molecule has 0 atom stereocenters. The second-order valence-electron chi connectivity index (χ2n) is 3.66. The average Bonchev–Trinajstić information content (AvgIpc) is 2.68. The van der Waals surface area contributed by atoms with Gasteiger partial charge in [0, 0.05) is 10.9 Å². The second kappa shape index (κ2) is 4.65. The Kier molecular flexibility index (Phi) is 3.05. The molecule has 86 valence electrons. The fourth-order valence-corrected chi connectivity index (χ4v) is 1.82. The average molecular weight is 228 g/mol. The number of carbonyl (C=O) groups is 2. The Morgan fingerprint density at radius 2 is 2.12 bits per heavy atom. The van der Waals surface area contributed by atoms with E-state index >= 15 is 0 Å². The lowest BCUT2D eigenvalue weighted by atomic mass is 10.2. The van der Waals surface area contributed by atoms with Gasteiger partial charge in [-0.3, -0.25) is 9.59 Å². The Labute approximate surface area is 98.3 Å². The number of aromatic nitrogens is 1. The molecular weight excluding hydrogens is 216 g/mol. The van der Waals surface area contributed by atoms with Crippen LogP contribution in [0.15, 0.2) is 42.6 Å². The van der Waals surface area contributed by atoms with E-state index in [1.165, 1.54) is 12.3 Å². The molecule has 0 amide bonds. The molecule has 0 unspecified atom stereocenters. The Morgan fingerprint density at radius 3 is 2.82 bits per heavy atom. The zero-order chi connectivity index (χ0) is 12.3. The predicted octanol–water partition coefficient (Wildman–Crippen LogP) is 1.50. The van der Waals surface area contributed by atoms with Crippen molar-refractivity contribution in [3.8, 4) is 0 Å². The number of fused-ring (bicyclic) bond motifs is 1. The molecule has 2 rings (SSSR count). The number of nitrogens with two attached hydrogens (primary N) is 1. The number of allylic oxidation sites excluding steroid dienone is 1. The van der Waals surface area contributed by atoms with E-state index in [1.54, 1.807) is 10.6 Å². The number of benzene rings is 1. The number of hydrogen-bond donors (Lipinski definition) is 1. The van der Waals surface area contributed by atoms with Crippen molar-refractivity contribution in [2.45, 2.75) is 6.54 Å². The van der Waals surface area contributed by atoms with Crippen LogP contribution >= 0.6 is 0 Å². The molecule has 2 aromatic rings. The first-order valence-electron chi connectivity index (χ1n) is 5.21. The number of nitrogens with zero attached hydrogens (tertiary/aromatic N) is 1. The van der Waals surface area contributed by atoms with E-state index in [-0.39, 0.29) is 12.3 Å². The third-order valence-electron chi connectivity index (χ3n) is 2.56. The Balaban J connectivity index is 2.50. The van der Waals surface area contributed by atoms with E-state index in [1.807, 2.05) is 24.3 Å². The molecule has 1 aromatic heterocycles. The van der Waals surface area contributed by atoms with Crippen molar-refractivity contribution in [2.75, 3.05) is 0 Å². The summed E-state index contributed by atoms with van der Waals surface area (Å²) < 4.78 is 1.69. The van der Waals surface area contributed by atoms with E-state index in [0.717, 1.165) is 17.2 Å². The number of ketones is 1. The number of carbonyl (C=O) groups excluding carboxylic acids is 2. The maximum atomic E-state index is 11.5.